The van der Waals surface area contributed by atoms with Gasteiger partial charge in [-0.05, 0) is 43.9 Å². The van der Waals surface area contributed by atoms with Gasteiger partial charge < -0.3 is 15.7 Å². The standard InChI is InChI=1S/C14H19ClN2O2/c1-9(16)10-3-2-6-17(8-10)14(19)12-5-4-11(15)7-13(12)18/h4-5,7,9-10,18H,2-3,6,8,16H2,1H3. The number of carbonyl (C=O) groups excluding carboxylic acids is 1. The Morgan fingerprint density at radius 3 is 2.95 bits per heavy atom. The lowest BCUT2D eigenvalue weighted by molar-refractivity contribution is 0.0658. The summed E-state index contributed by atoms with van der Waals surface area (Å²) in [6.07, 6.45) is 2.00. The van der Waals surface area contributed by atoms with Gasteiger partial charge in [0, 0.05) is 24.2 Å². The molecule has 1 amide bonds. The average Bonchev–Trinajstić information content (AvgIpc) is 2.38. The number of nitrogens with zero attached hydrogens (tertiary/aromatic N) is 1. The third-order valence-electron chi connectivity index (χ3n) is 3.68. The number of hydrogen-bond donors (Lipinski definition) is 2. The van der Waals surface area contributed by atoms with Crippen molar-refractivity contribution in [1.29, 1.82) is 0 Å². The van der Waals surface area contributed by atoms with Gasteiger partial charge in [-0.15, -0.1) is 0 Å². The van der Waals surface area contributed by atoms with Crippen LogP contribution in [0.1, 0.15) is 30.1 Å². The number of benzene rings is 1. The van der Waals surface area contributed by atoms with Gasteiger partial charge in [-0.25, -0.2) is 0 Å². The summed E-state index contributed by atoms with van der Waals surface area (Å²) in [7, 11) is 0. The third kappa shape index (κ3) is 3.19. The van der Waals surface area contributed by atoms with E-state index in [1.54, 1.807) is 17.0 Å². The summed E-state index contributed by atoms with van der Waals surface area (Å²) in [5.41, 5.74) is 6.21. The Morgan fingerprint density at radius 2 is 2.32 bits per heavy atom. The number of phenolic OH excluding ortho intramolecular Hbond substituents is 1. The Morgan fingerprint density at radius 1 is 1.58 bits per heavy atom. The lowest BCUT2D eigenvalue weighted by Gasteiger charge is -2.34. The molecular formula is C14H19ClN2O2. The molecule has 0 aromatic heterocycles. The van der Waals surface area contributed by atoms with Crippen molar-refractivity contribution in [3.05, 3.63) is 28.8 Å². The van der Waals surface area contributed by atoms with Crippen LogP contribution in [0.3, 0.4) is 0 Å². The van der Waals surface area contributed by atoms with Crippen LogP contribution < -0.4 is 5.73 Å². The highest BCUT2D eigenvalue weighted by Crippen LogP contribution is 2.26. The van der Waals surface area contributed by atoms with Crippen molar-refractivity contribution in [1.82, 2.24) is 4.90 Å². The summed E-state index contributed by atoms with van der Waals surface area (Å²) in [5, 5.41) is 10.2. The molecule has 1 fully saturated rings. The lowest BCUT2D eigenvalue weighted by Crippen LogP contribution is -2.45. The minimum absolute atomic E-state index is 0.0691. The Labute approximate surface area is 118 Å². The number of nitrogens with two attached hydrogens (primary N) is 1. The molecule has 3 N–H and O–H groups in total. The second-order valence-electron chi connectivity index (χ2n) is 5.17. The molecule has 1 aromatic rings. The number of hydrogen-bond acceptors (Lipinski definition) is 3. The van der Waals surface area contributed by atoms with Crippen LogP contribution in [0.5, 0.6) is 5.75 Å². The second-order valence-corrected chi connectivity index (χ2v) is 5.61. The van der Waals surface area contributed by atoms with E-state index in [1.165, 1.54) is 6.07 Å². The van der Waals surface area contributed by atoms with Crippen LogP contribution in [0.25, 0.3) is 0 Å². The zero-order valence-corrected chi connectivity index (χ0v) is 11.7. The van der Waals surface area contributed by atoms with Gasteiger partial charge in [0.05, 0.1) is 5.56 Å². The number of piperidine rings is 1. The Hall–Kier alpha value is -1.26. The van der Waals surface area contributed by atoms with Gasteiger partial charge in [-0.1, -0.05) is 11.6 Å². The molecule has 104 valence electrons. The first-order valence-corrected chi connectivity index (χ1v) is 6.90. The van der Waals surface area contributed by atoms with Crippen LogP contribution in [0.2, 0.25) is 5.02 Å². The fourth-order valence-corrected chi connectivity index (χ4v) is 2.65. The van der Waals surface area contributed by atoms with E-state index in [4.69, 9.17) is 17.3 Å². The van der Waals surface area contributed by atoms with Crippen molar-refractivity contribution >= 4 is 17.5 Å². The first-order valence-electron chi connectivity index (χ1n) is 6.52. The molecule has 0 radical (unpaired) electrons. The SMILES string of the molecule is CC(N)C1CCCN(C(=O)c2ccc(Cl)cc2O)C1. The molecule has 0 bridgehead atoms. The molecule has 2 unspecified atom stereocenters. The first-order chi connectivity index (χ1) is 8.99. The van der Waals surface area contributed by atoms with Crippen molar-refractivity contribution < 1.29 is 9.90 Å². The molecule has 0 saturated carbocycles. The van der Waals surface area contributed by atoms with Gasteiger partial charge in [0.2, 0.25) is 0 Å². The number of aromatic hydroxyl groups is 1. The summed E-state index contributed by atoms with van der Waals surface area (Å²) < 4.78 is 0. The van der Waals surface area contributed by atoms with E-state index in [9.17, 15) is 9.90 Å². The Bertz CT molecular complexity index is 477. The van der Waals surface area contributed by atoms with Gasteiger partial charge in [0.15, 0.2) is 0 Å². The molecule has 0 aliphatic carbocycles. The summed E-state index contributed by atoms with van der Waals surface area (Å²) in [6.45, 7) is 3.33. The molecule has 1 aliphatic rings. The Balaban J connectivity index is 2.15. The zero-order chi connectivity index (χ0) is 14.0. The van der Waals surface area contributed by atoms with Gasteiger partial charge >= 0.3 is 0 Å². The maximum atomic E-state index is 12.4. The zero-order valence-electron chi connectivity index (χ0n) is 11.0. The molecular weight excluding hydrogens is 264 g/mol. The number of amides is 1. The molecule has 0 spiro atoms. The predicted octanol–water partition coefficient (Wildman–Crippen LogP) is 2.25. The van der Waals surface area contributed by atoms with Crippen molar-refractivity contribution in [3.8, 4) is 5.75 Å². The van der Waals surface area contributed by atoms with Crippen molar-refractivity contribution in [3.63, 3.8) is 0 Å². The van der Waals surface area contributed by atoms with Gasteiger partial charge in [0.1, 0.15) is 5.75 Å². The van der Waals surface area contributed by atoms with Crippen molar-refractivity contribution in [2.75, 3.05) is 13.1 Å². The Kier molecular flexibility index (Phi) is 4.32. The van der Waals surface area contributed by atoms with Crippen LogP contribution in [0, 0.1) is 5.92 Å². The molecule has 1 aliphatic heterocycles. The van der Waals surface area contributed by atoms with E-state index in [1.807, 2.05) is 6.92 Å². The molecule has 2 rings (SSSR count). The van der Waals surface area contributed by atoms with E-state index in [0.29, 0.717) is 29.6 Å². The molecule has 19 heavy (non-hydrogen) atoms. The molecule has 5 heteroatoms. The monoisotopic (exact) mass is 282 g/mol. The molecule has 2 atom stereocenters. The van der Waals surface area contributed by atoms with Crippen LogP contribution in [0.15, 0.2) is 18.2 Å². The number of rotatable bonds is 2. The van der Waals surface area contributed by atoms with E-state index in [-0.39, 0.29) is 17.7 Å². The molecule has 1 aromatic carbocycles. The average molecular weight is 283 g/mol. The predicted molar refractivity (Wildman–Crippen MR) is 75.4 cm³/mol. The lowest BCUT2D eigenvalue weighted by atomic mass is 9.92. The third-order valence-corrected chi connectivity index (χ3v) is 3.91. The van der Waals surface area contributed by atoms with E-state index >= 15 is 0 Å². The summed E-state index contributed by atoms with van der Waals surface area (Å²) in [4.78, 5) is 14.1. The summed E-state index contributed by atoms with van der Waals surface area (Å²) >= 11 is 5.77. The number of likely N-dealkylation sites (tertiary alicyclic amines) is 1. The van der Waals surface area contributed by atoms with Crippen LogP contribution in [-0.2, 0) is 0 Å². The fourth-order valence-electron chi connectivity index (χ4n) is 2.48. The maximum Gasteiger partial charge on any atom is 0.257 e. The number of halogens is 1. The van der Waals surface area contributed by atoms with E-state index < -0.39 is 0 Å². The summed E-state index contributed by atoms with van der Waals surface area (Å²) in [6, 6.07) is 4.65. The first kappa shape index (κ1) is 14.2. The van der Waals surface area contributed by atoms with E-state index in [0.717, 1.165) is 12.8 Å². The second kappa shape index (κ2) is 5.80. The quantitative estimate of drug-likeness (QED) is 0.874. The van der Waals surface area contributed by atoms with Crippen molar-refractivity contribution in [2.24, 2.45) is 11.7 Å². The number of phenols is 1. The highest BCUT2D eigenvalue weighted by Gasteiger charge is 2.27. The van der Waals surface area contributed by atoms with Crippen LogP contribution in [0.4, 0.5) is 0 Å². The highest BCUT2D eigenvalue weighted by molar-refractivity contribution is 6.30. The molecule has 1 heterocycles. The number of carbonyl (C=O) groups is 1. The maximum absolute atomic E-state index is 12.4. The highest BCUT2D eigenvalue weighted by atomic mass is 35.5. The van der Waals surface area contributed by atoms with Gasteiger partial charge in [-0.3, -0.25) is 4.79 Å². The molecule has 4 nitrogen and oxygen atoms in total. The summed E-state index contributed by atoms with van der Waals surface area (Å²) in [5.74, 6) is 0.104. The molecule has 1 saturated heterocycles. The van der Waals surface area contributed by atoms with Crippen molar-refractivity contribution in [2.45, 2.75) is 25.8 Å². The van der Waals surface area contributed by atoms with Crippen LogP contribution >= 0.6 is 11.6 Å². The smallest absolute Gasteiger partial charge is 0.257 e. The normalized spacial score (nSPS) is 21.2. The van der Waals surface area contributed by atoms with Gasteiger partial charge in [-0.2, -0.15) is 0 Å². The topological polar surface area (TPSA) is 66.6 Å². The van der Waals surface area contributed by atoms with Crippen LogP contribution in [-0.4, -0.2) is 35.0 Å². The van der Waals surface area contributed by atoms with Gasteiger partial charge in [0.25, 0.3) is 5.91 Å². The minimum Gasteiger partial charge on any atom is -0.507 e. The van der Waals surface area contributed by atoms with E-state index in [2.05, 4.69) is 0 Å². The minimum atomic E-state index is -0.153. The fraction of sp³-hybridized carbons (Fsp3) is 0.500. The largest absolute Gasteiger partial charge is 0.507 e.